The first-order valence-electron chi connectivity index (χ1n) is 10.0. The van der Waals surface area contributed by atoms with E-state index in [0.29, 0.717) is 16.7 Å². The second-order valence-electron chi connectivity index (χ2n) is 7.46. The number of benzene rings is 3. The van der Waals surface area contributed by atoms with Crippen LogP contribution in [0.4, 0.5) is 4.39 Å². The predicted molar refractivity (Wildman–Crippen MR) is 119 cm³/mol. The highest BCUT2D eigenvalue weighted by molar-refractivity contribution is 5.80. The summed E-state index contributed by atoms with van der Waals surface area (Å²) in [6.45, 7) is 0.375. The van der Waals surface area contributed by atoms with Crippen molar-refractivity contribution in [3.05, 3.63) is 111 Å². The van der Waals surface area contributed by atoms with Gasteiger partial charge < -0.3 is 4.74 Å². The summed E-state index contributed by atoms with van der Waals surface area (Å²) in [6.07, 6.45) is 0. The fraction of sp³-hybridized carbons (Fsp3) is 0.125. The van der Waals surface area contributed by atoms with Crippen LogP contribution in [0.15, 0.2) is 82.4 Å². The summed E-state index contributed by atoms with van der Waals surface area (Å²) in [7, 11) is 1.58. The quantitative estimate of drug-likeness (QED) is 0.430. The minimum absolute atomic E-state index is 0.156. The van der Waals surface area contributed by atoms with Crippen LogP contribution >= 0.6 is 0 Å². The van der Waals surface area contributed by atoms with Crippen molar-refractivity contribution >= 4 is 16.7 Å². The van der Waals surface area contributed by atoms with Gasteiger partial charge in [-0.25, -0.2) is 18.3 Å². The zero-order chi connectivity index (χ0) is 22.2. The molecule has 7 nitrogen and oxygen atoms in total. The van der Waals surface area contributed by atoms with Gasteiger partial charge in [0.2, 0.25) is 5.78 Å². The molecule has 0 aliphatic heterocycles. The van der Waals surface area contributed by atoms with Crippen molar-refractivity contribution in [1.82, 2.24) is 18.7 Å². The molecule has 0 unspecified atom stereocenters. The molecule has 0 saturated heterocycles. The van der Waals surface area contributed by atoms with Gasteiger partial charge in [-0.05, 0) is 47.5 Å². The van der Waals surface area contributed by atoms with E-state index >= 15 is 0 Å². The molecule has 0 bridgehead atoms. The minimum atomic E-state index is -0.358. The number of rotatable bonds is 5. The van der Waals surface area contributed by atoms with E-state index in [4.69, 9.17) is 4.74 Å². The monoisotopic (exact) mass is 430 g/mol. The number of halogens is 1. The molecule has 8 heteroatoms. The molecule has 0 N–H and O–H groups in total. The van der Waals surface area contributed by atoms with Gasteiger partial charge in [0.15, 0.2) is 0 Å². The molecule has 5 rings (SSSR count). The molecule has 0 aliphatic rings. The average molecular weight is 430 g/mol. The average Bonchev–Trinajstić information content (AvgIpc) is 3.14. The highest BCUT2D eigenvalue weighted by atomic mass is 19.1. The summed E-state index contributed by atoms with van der Waals surface area (Å²) in [5.74, 6) is 0.549. The molecule has 160 valence electrons. The first kappa shape index (κ1) is 19.7. The number of para-hydroxylation sites is 1. The molecule has 0 fully saturated rings. The number of hydrogen-bond acceptors (Lipinski definition) is 4. The molecule has 0 atom stereocenters. The van der Waals surface area contributed by atoms with Gasteiger partial charge >= 0.3 is 5.69 Å². The molecule has 0 radical (unpaired) electrons. The summed E-state index contributed by atoms with van der Waals surface area (Å²) in [4.78, 5) is 26.6. The highest BCUT2D eigenvalue weighted by Gasteiger charge is 2.18. The molecule has 32 heavy (non-hydrogen) atoms. The van der Waals surface area contributed by atoms with Crippen molar-refractivity contribution in [3.63, 3.8) is 0 Å². The topological polar surface area (TPSA) is 70.5 Å². The molecule has 0 saturated carbocycles. The second-order valence-corrected chi connectivity index (χ2v) is 7.46. The number of methoxy groups -OCH3 is 1. The van der Waals surface area contributed by atoms with E-state index in [0.717, 1.165) is 11.1 Å². The Balaban J connectivity index is 1.72. The number of nitrogens with zero attached hydrogens (tertiary/aromatic N) is 4. The van der Waals surface area contributed by atoms with Crippen LogP contribution in [0, 0.1) is 5.82 Å². The van der Waals surface area contributed by atoms with Crippen molar-refractivity contribution in [3.8, 4) is 5.75 Å². The van der Waals surface area contributed by atoms with Gasteiger partial charge in [-0.1, -0.05) is 36.4 Å². The van der Waals surface area contributed by atoms with Crippen LogP contribution in [-0.2, 0) is 13.1 Å². The Bertz CT molecular complexity index is 1570. The van der Waals surface area contributed by atoms with Crippen molar-refractivity contribution < 1.29 is 9.13 Å². The number of fused-ring (bicyclic) bond motifs is 3. The van der Waals surface area contributed by atoms with Crippen molar-refractivity contribution in [1.29, 1.82) is 0 Å². The van der Waals surface area contributed by atoms with Crippen LogP contribution in [0.25, 0.3) is 16.7 Å². The van der Waals surface area contributed by atoms with E-state index in [-0.39, 0.29) is 35.9 Å². The molecule has 0 aliphatic carbocycles. The lowest BCUT2D eigenvalue weighted by atomic mass is 10.2. The summed E-state index contributed by atoms with van der Waals surface area (Å²) >= 11 is 0. The van der Waals surface area contributed by atoms with Crippen LogP contribution in [-0.4, -0.2) is 25.9 Å². The Hall–Kier alpha value is -4.20. The van der Waals surface area contributed by atoms with Crippen LogP contribution in [0.1, 0.15) is 11.1 Å². The van der Waals surface area contributed by atoms with Crippen LogP contribution in [0.5, 0.6) is 5.75 Å². The van der Waals surface area contributed by atoms with Crippen molar-refractivity contribution in [2.45, 2.75) is 13.1 Å². The third-order valence-electron chi connectivity index (χ3n) is 5.40. The van der Waals surface area contributed by atoms with Gasteiger partial charge in [-0.2, -0.15) is 0 Å². The number of ether oxygens (including phenoxy) is 1. The van der Waals surface area contributed by atoms with Crippen LogP contribution < -0.4 is 16.0 Å². The minimum Gasteiger partial charge on any atom is -0.497 e. The Morgan fingerprint density at radius 2 is 1.69 bits per heavy atom. The van der Waals surface area contributed by atoms with Gasteiger partial charge in [-0.15, -0.1) is 5.10 Å². The van der Waals surface area contributed by atoms with Gasteiger partial charge in [0.05, 0.1) is 31.1 Å². The van der Waals surface area contributed by atoms with Gasteiger partial charge in [-0.3, -0.25) is 9.36 Å². The maximum Gasteiger partial charge on any atom is 0.352 e. The molecule has 2 heterocycles. The Morgan fingerprint density at radius 1 is 0.906 bits per heavy atom. The van der Waals surface area contributed by atoms with E-state index in [9.17, 15) is 14.0 Å². The molecular formula is C24H19FN4O3. The highest BCUT2D eigenvalue weighted by Crippen LogP contribution is 2.15. The zero-order valence-electron chi connectivity index (χ0n) is 17.2. The van der Waals surface area contributed by atoms with E-state index in [1.165, 1.54) is 25.8 Å². The Morgan fingerprint density at radius 3 is 2.47 bits per heavy atom. The van der Waals surface area contributed by atoms with Gasteiger partial charge in [0, 0.05) is 0 Å². The summed E-state index contributed by atoms with van der Waals surface area (Å²) in [6, 6.07) is 20.2. The fourth-order valence-corrected chi connectivity index (χ4v) is 3.83. The summed E-state index contributed by atoms with van der Waals surface area (Å²) in [5.41, 5.74) is 1.43. The standard InChI is InChI=1S/C24H19FN4O3/c1-32-19-6-4-5-17(13-19)15-28-24(31)29-21-8-3-2-7-20(21)22(30)27(23(29)26-28)14-16-9-11-18(25)12-10-16/h2-13H,14-15H2,1H3. The second kappa shape index (κ2) is 7.81. The molecule has 0 spiro atoms. The number of aromatic nitrogens is 4. The van der Waals surface area contributed by atoms with Crippen LogP contribution in [0.2, 0.25) is 0 Å². The maximum atomic E-state index is 13.3. The molecular weight excluding hydrogens is 411 g/mol. The molecule has 3 aromatic carbocycles. The van der Waals surface area contributed by atoms with E-state index in [1.807, 2.05) is 24.3 Å². The van der Waals surface area contributed by atoms with Crippen molar-refractivity contribution in [2.75, 3.05) is 7.11 Å². The third-order valence-corrected chi connectivity index (χ3v) is 5.40. The van der Waals surface area contributed by atoms with Gasteiger partial charge in [0.25, 0.3) is 5.56 Å². The molecule has 0 amide bonds. The molecule has 2 aromatic heterocycles. The smallest absolute Gasteiger partial charge is 0.352 e. The molecule has 5 aromatic rings. The largest absolute Gasteiger partial charge is 0.497 e. The lowest BCUT2D eigenvalue weighted by molar-refractivity contribution is 0.414. The summed E-state index contributed by atoms with van der Waals surface area (Å²) < 4.78 is 22.8. The van der Waals surface area contributed by atoms with E-state index in [2.05, 4.69) is 5.10 Å². The normalized spacial score (nSPS) is 11.3. The van der Waals surface area contributed by atoms with E-state index in [1.54, 1.807) is 43.5 Å². The van der Waals surface area contributed by atoms with E-state index < -0.39 is 0 Å². The fourth-order valence-electron chi connectivity index (χ4n) is 3.83. The lowest BCUT2D eigenvalue weighted by Crippen LogP contribution is -2.27. The Kier molecular flexibility index (Phi) is 4.82. The van der Waals surface area contributed by atoms with Crippen LogP contribution in [0.3, 0.4) is 0 Å². The summed E-state index contributed by atoms with van der Waals surface area (Å²) in [5, 5.41) is 4.91. The van der Waals surface area contributed by atoms with Gasteiger partial charge in [0.1, 0.15) is 11.6 Å². The Labute approximate surface area is 181 Å². The van der Waals surface area contributed by atoms with Crippen molar-refractivity contribution in [2.24, 2.45) is 0 Å². The number of hydrogen-bond donors (Lipinski definition) is 0. The maximum absolute atomic E-state index is 13.3. The zero-order valence-corrected chi connectivity index (χ0v) is 17.2. The SMILES string of the molecule is COc1cccc(Cn2nc3n(Cc4ccc(F)cc4)c(=O)c4ccccc4n3c2=O)c1. The third kappa shape index (κ3) is 3.35. The lowest BCUT2D eigenvalue weighted by Gasteiger charge is -2.09. The first-order valence-corrected chi connectivity index (χ1v) is 10.0. The first-order chi connectivity index (χ1) is 15.5. The predicted octanol–water partition coefficient (Wildman–Crippen LogP) is 3.06.